The molecule has 2 aliphatic rings. The molecule has 0 amide bonds. The lowest BCUT2D eigenvalue weighted by molar-refractivity contribution is 0.156. The van der Waals surface area contributed by atoms with Gasteiger partial charge in [-0.05, 0) is 51.0 Å². The van der Waals surface area contributed by atoms with Gasteiger partial charge >= 0.3 is 0 Å². The van der Waals surface area contributed by atoms with Gasteiger partial charge in [-0.25, -0.2) is 14.1 Å². The molecule has 1 aromatic carbocycles. The summed E-state index contributed by atoms with van der Waals surface area (Å²) in [7, 11) is 0. The Morgan fingerprint density at radius 2 is 2.10 bits per heavy atom. The van der Waals surface area contributed by atoms with Gasteiger partial charge < -0.3 is 15.0 Å². The van der Waals surface area contributed by atoms with Gasteiger partial charge in [0.05, 0.1) is 24.5 Å². The zero-order valence-corrected chi connectivity index (χ0v) is 19.4. The van der Waals surface area contributed by atoms with Crippen molar-refractivity contribution in [1.29, 1.82) is 0 Å². The zero-order chi connectivity index (χ0) is 19.6. The van der Waals surface area contributed by atoms with Crippen molar-refractivity contribution in [3.63, 3.8) is 0 Å². The molecule has 4 rings (SSSR count). The number of aromatic nitrogens is 2. The van der Waals surface area contributed by atoms with Crippen LogP contribution >= 0.6 is 24.0 Å². The van der Waals surface area contributed by atoms with Crippen LogP contribution in [0.25, 0.3) is 5.69 Å². The minimum atomic E-state index is -0.246. The van der Waals surface area contributed by atoms with Crippen LogP contribution in [0.5, 0.6) is 0 Å². The van der Waals surface area contributed by atoms with Crippen LogP contribution in [0.2, 0.25) is 0 Å². The summed E-state index contributed by atoms with van der Waals surface area (Å²) in [4.78, 5) is 7.24. The summed E-state index contributed by atoms with van der Waals surface area (Å²) in [6.45, 7) is 9.25. The van der Waals surface area contributed by atoms with E-state index < -0.39 is 0 Å². The Morgan fingerprint density at radius 3 is 2.79 bits per heavy atom. The minimum Gasteiger partial charge on any atom is -0.381 e. The predicted molar refractivity (Wildman–Crippen MR) is 123 cm³/mol. The van der Waals surface area contributed by atoms with Crippen molar-refractivity contribution in [2.75, 3.05) is 32.8 Å². The first-order valence-electron chi connectivity index (χ1n) is 10.0. The highest BCUT2D eigenvalue weighted by Gasteiger charge is 2.42. The van der Waals surface area contributed by atoms with Gasteiger partial charge in [-0.15, -0.1) is 24.0 Å². The summed E-state index contributed by atoms with van der Waals surface area (Å²) in [5.74, 6) is 0.712. The maximum atomic E-state index is 13.2. The number of nitrogens with zero attached hydrogens (tertiary/aromatic N) is 4. The lowest BCUT2D eigenvalue weighted by Gasteiger charge is -2.24. The maximum absolute atomic E-state index is 13.2. The molecular weight excluding hydrogens is 484 g/mol. The monoisotopic (exact) mass is 513 g/mol. The van der Waals surface area contributed by atoms with E-state index in [-0.39, 0.29) is 29.8 Å². The number of halogens is 2. The Labute approximate surface area is 188 Å². The average Bonchev–Trinajstić information content (AvgIpc) is 3.41. The molecule has 2 saturated heterocycles. The molecule has 1 atom stereocenters. The van der Waals surface area contributed by atoms with Crippen LogP contribution in [0, 0.1) is 18.2 Å². The van der Waals surface area contributed by atoms with Gasteiger partial charge in [-0.1, -0.05) is 0 Å². The molecule has 1 N–H and O–H groups in total. The average molecular weight is 513 g/mol. The Kier molecular flexibility index (Phi) is 7.15. The molecule has 158 valence electrons. The number of nitrogens with one attached hydrogen (secondary N) is 1. The van der Waals surface area contributed by atoms with Gasteiger partial charge in [0.25, 0.3) is 0 Å². The van der Waals surface area contributed by atoms with E-state index in [9.17, 15) is 4.39 Å². The molecule has 1 spiro atoms. The summed E-state index contributed by atoms with van der Waals surface area (Å²) >= 11 is 0. The molecular formula is C21H29FIN5O. The highest BCUT2D eigenvalue weighted by atomic mass is 127. The van der Waals surface area contributed by atoms with Crippen LogP contribution < -0.4 is 5.32 Å². The highest BCUT2D eigenvalue weighted by molar-refractivity contribution is 14.0. The second-order valence-electron chi connectivity index (χ2n) is 7.81. The maximum Gasteiger partial charge on any atom is 0.194 e. The molecule has 3 heterocycles. The van der Waals surface area contributed by atoms with Crippen molar-refractivity contribution in [2.45, 2.75) is 33.2 Å². The molecule has 29 heavy (non-hydrogen) atoms. The molecule has 2 fully saturated rings. The largest absolute Gasteiger partial charge is 0.381 e. The first kappa shape index (κ1) is 22.0. The minimum absolute atomic E-state index is 0. The Balaban J connectivity index is 0.00000240. The second-order valence-corrected chi connectivity index (χ2v) is 7.81. The number of rotatable bonds is 4. The first-order valence-corrected chi connectivity index (χ1v) is 10.0. The van der Waals surface area contributed by atoms with E-state index in [1.54, 1.807) is 16.8 Å². The van der Waals surface area contributed by atoms with Crippen molar-refractivity contribution in [3.8, 4) is 5.69 Å². The van der Waals surface area contributed by atoms with Crippen molar-refractivity contribution < 1.29 is 9.13 Å². The van der Waals surface area contributed by atoms with E-state index in [2.05, 4.69) is 22.2 Å². The molecule has 1 unspecified atom stereocenters. The summed E-state index contributed by atoms with van der Waals surface area (Å²) in [6.07, 6.45) is 4.29. The summed E-state index contributed by atoms with van der Waals surface area (Å²) in [5.41, 5.74) is 3.15. The van der Waals surface area contributed by atoms with Gasteiger partial charge in [0, 0.05) is 43.4 Å². The number of hydrogen-bond donors (Lipinski definition) is 1. The number of likely N-dealkylation sites (tertiary alicyclic amines) is 1. The van der Waals surface area contributed by atoms with E-state index in [4.69, 9.17) is 9.73 Å². The van der Waals surface area contributed by atoms with Gasteiger partial charge in [-0.2, -0.15) is 5.10 Å². The molecule has 2 aliphatic heterocycles. The fraction of sp³-hybridized carbons (Fsp3) is 0.524. The topological polar surface area (TPSA) is 54.7 Å². The van der Waals surface area contributed by atoms with E-state index in [1.165, 1.54) is 18.6 Å². The van der Waals surface area contributed by atoms with Crippen LogP contribution in [-0.4, -0.2) is 53.5 Å². The SMILES string of the molecule is CCNC(=NCc1cn(-c2ccc(F)cc2)nc1C)N1CCC2(CCOC2)C1.I. The molecule has 2 aromatic rings. The van der Waals surface area contributed by atoms with Gasteiger partial charge in [-0.3, -0.25) is 0 Å². The van der Waals surface area contributed by atoms with Gasteiger partial charge in [0.2, 0.25) is 0 Å². The summed E-state index contributed by atoms with van der Waals surface area (Å²) in [5, 5.41) is 8.00. The molecule has 0 radical (unpaired) electrons. The van der Waals surface area contributed by atoms with Crippen LogP contribution in [0.15, 0.2) is 35.5 Å². The normalized spacial score (nSPS) is 21.6. The van der Waals surface area contributed by atoms with Crippen LogP contribution in [0.4, 0.5) is 4.39 Å². The molecule has 0 bridgehead atoms. The quantitative estimate of drug-likeness (QED) is 0.387. The molecule has 0 saturated carbocycles. The third kappa shape index (κ3) is 4.91. The first-order chi connectivity index (χ1) is 13.6. The standard InChI is InChI=1S/C21H28FN5O.HI/c1-3-23-20(26-10-8-21(14-26)9-11-28-15-21)24-12-17-13-27(25-16(17)2)19-6-4-18(22)5-7-19;/h4-7,13H,3,8-12,14-15H2,1-2H3,(H,23,24);1H. The Hall–Kier alpha value is -1.68. The highest BCUT2D eigenvalue weighted by Crippen LogP contribution is 2.38. The Bertz CT molecular complexity index is 845. The number of ether oxygens (including phenoxy) is 1. The van der Waals surface area contributed by atoms with Crippen LogP contribution in [-0.2, 0) is 11.3 Å². The van der Waals surface area contributed by atoms with Crippen LogP contribution in [0.3, 0.4) is 0 Å². The molecule has 6 nitrogen and oxygen atoms in total. The van der Waals surface area contributed by atoms with E-state index in [0.717, 1.165) is 62.2 Å². The van der Waals surface area contributed by atoms with Crippen molar-refractivity contribution in [2.24, 2.45) is 10.4 Å². The number of guanidine groups is 1. The van der Waals surface area contributed by atoms with E-state index >= 15 is 0 Å². The fourth-order valence-electron chi connectivity index (χ4n) is 4.05. The van der Waals surface area contributed by atoms with Crippen molar-refractivity contribution in [3.05, 3.63) is 47.5 Å². The molecule has 1 aromatic heterocycles. The lowest BCUT2D eigenvalue weighted by Crippen LogP contribution is -2.41. The number of aliphatic imine (C=N–C) groups is 1. The smallest absolute Gasteiger partial charge is 0.194 e. The third-order valence-corrected chi connectivity index (χ3v) is 5.75. The van der Waals surface area contributed by atoms with Gasteiger partial charge in [0.1, 0.15) is 5.82 Å². The second kappa shape index (κ2) is 9.42. The van der Waals surface area contributed by atoms with Gasteiger partial charge in [0.15, 0.2) is 5.96 Å². The number of benzene rings is 1. The van der Waals surface area contributed by atoms with E-state index in [0.29, 0.717) is 12.0 Å². The summed E-state index contributed by atoms with van der Waals surface area (Å²) < 4.78 is 20.6. The zero-order valence-electron chi connectivity index (χ0n) is 17.0. The Morgan fingerprint density at radius 1 is 1.31 bits per heavy atom. The number of hydrogen-bond acceptors (Lipinski definition) is 3. The summed E-state index contributed by atoms with van der Waals surface area (Å²) in [6, 6.07) is 6.35. The van der Waals surface area contributed by atoms with E-state index in [1.807, 2.05) is 13.1 Å². The van der Waals surface area contributed by atoms with Crippen molar-refractivity contribution in [1.82, 2.24) is 20.0 Å². The van der Waals surface area contributed by atoms with Crippen LogP contribution in [0.1, 0.15) is 31.0 Å². The number of aryl methyl sites for hydroxylation is 1. The lowest BCUT2D eigenvalue weighted by atomic mass is 9.87. The molecule has 0 aliphatic carbocycles. The molecule has 8 heteroatoms. The predicted octanol–water partition coefficient (Wildman–Crippen LogP) is 3.52. The fourth-order valence-corrected chi connectivity index (χ4v) is 4.05. The van der Waals surface area contributed by atoms with Crippen molar-refractivity contribution >= 4 is 29.9 Å². The third-order valence-electron chi connectivity index (χ3n) is 5.75.